The van der Waals surface area contributed by atoms with Gasteiger partial charge in [0.1, 0.15) is 16.2 Å². The number of aromatic nitrogens is 3. The summed E-state index contributed by atoms with van der Waals surface area (Å²) in [7, 11) is 1.75. The van der Waals surface area contributed by atoms with Gasteiger partial charge in [-0.25, -0.2) is 4.98 Å². The smallest absolute Gasteiger partial charge is 0.263 e. The third kappa shape index (κ3) is 2.18. The highest BCUT2D eigenvalue weighted by molar-refractivity contribution is 7.18. The van der Waals surface area contributed by atoms with Crippen molar-refractivity contribution in [3.8, 4) is 0 Å². The Hall–Kier alpha value is -2.15. The van der Waals surface area contributed by atoms with Crippen molar-refractivity contribution in [3.05, 3.63) is 32.2 Å². The second-order valence-electron chi connectivity index (χ2n) is 6.01. The molecular weight excluding hydrogens is 312 g/mol. The summed E-state index contributed by atoms with van der Waals surface area (Å²) in [6.45, 7) is 3.70. The molecule has 6 nitrogen and oxygen atoms in total. The average molecular weight is 330 g/mol. The van der Waals surface area contributed by atoms with E-state index >= 15 is 0 Å². The molecule has 3 aromatic heterocycles. The summed E-state index contributed by atoms with van der Waals surface area (Å²) in [5.41, 5.74) is 2.76. The Morgan fingerprint density at radius 1 is 1.26 bits per heavy atom. The second-order valence-corrected chi connectivity index (χ2v) is 7.10. The molecule has 3 heterocycles. The van der Waals surface area contributed by atoms with Crippen LogP contribution in [0.2, 0.25) is 0 Å². The van der Waals surface area contributed by atoms with Crippen LogP contribution in [0.25, 0.3) is 10.2 Å². The van der Waals surface area contributed by atoms with E-state index in [0.29, 0.717) is 11.7 Å². The van der Waals surface area contributed by atoms with E-state index < -0.39 is 0 Å². The summed E-state index contributed by atoms with van der Waals surface area (Å²) < 4.78 is 6.75. The zero-order chi connectivity index (χ0) is 16.1. The summed E-state index contributed by atoms with van der Waals surface area (Å²) in [6, 6.07) is 0. The van der Waals surface area contributed by atoms with Crippen LogP contribution in [0.4, 0.5) is 11.6 Å². The van der Waals surface area contributed by atoms with E-state index in [1.807, 2.05) is 13.8 Å². The summed E-state index contributed by atoms with van der Waals surface area (Å²) in [6.07, 6.45) is 4.40. The van der Waals surface area contributed by atoms with Gasteiger partial charge in [0.05, 0.1) is 5.39 Å². The van der Waals surface area contributed by atoms with E-state index in [4.69, 9.17) is 9.51 Å². The fourth-order valence-electron chi connectivity index (χ4n) is 3.17. The first-order chi connectivity index (χ1) is 11.1. The highest BCUT2D eigenvalue weighted by Crippen LogP contribution is 2.34. The van der Waals surface area contributed by atoms with Crippen LogP contribution < -0.4 is 10.9 Å². The number of aryl methyl sites for hydroxylation is 4. The van der Waals surface area contributed by atoms with Crippen LogP contribution in [0.3, 0.4) is 0 Å². The molecule has 3 aromatic rings. The minimum absolute atomic E-state index is 0.0173. The molecule has 0 bridgehead atoms. The lowest BCUT2D eigenvalue weighted by atomic mass is 9.97. The molecule has 0 radical (unpaired) electrons. The van der Waals surface area contributed by atoms with Crippen LogP contribution in [-0.2, 0) is 19.9 Å². The quantitative estimate of drug-likeness (QED) is 0.781. The summed E-state index contributed by atoms with van der Waals surface area (Å²) >= 11 is 1.65. The standard InChI is InChI=1S/C16H18N4O2S/c1-8-13(9(2)22-19-8)17-16-18-14-12(15(21)20(16)3)10-6-4-5-7-11(10)23-14/h4-7H2,1-3H3,(H,17,18). The van der Waals surface area contributed by atoms with Crippen LogP contribution in [0, 0.1) is 13.8 Å². The van der Waals surface area contributed by atoms with Crippen molar-refractivity contribution >= 4 is 33.2 Å². The molecule has 0 fully saturated rings. The molecule has 0 amide bonds. The molecule has 0 atom stereocenters. The van der Waals surface area contributed by atoms with Gasteiger partial charge < -0.3 is 9.84 Å². The molecular formula is C16H18N4O2S. The normalized spacial score (nSPS) is 14.2. The van der Waals surface area contributed by atoms with E-state index in [9.17, 15) is 4.79 Å². The number of hydrogen-bond donors (Lipinski definition) is 1. The maximum Gasteiger partial charge on any atom is 0.263 e. The molecule has 1 aliphatic carbocycles. The molecule has 1 aliphatic rings. The molecule has 0 aromatic carbocycles. The Morgan fingerprint density at radius 2 is 2.04 bits per heavy atom. The van der Waals surface area contributed by atoms with Gasteiger partial charge in [0.25, 0.3) is 5.56 Å². The number of anilines is 2. The Kier molecular flexibility index (Phi) is 3.26. The topological polar surface area (TPSA) is 73.0 Å². The molecule has 120 valence electrons. The predicted molar refractivity (Wildman–Crippen MR) is 90.8 cm³/mol. The Balaban J connectivity index is 1.89. The van der Waals surface area contributed by atoms with Gasteiger partial charge in [-0.15, -0.1) is 11.3 Å². The number of rotatable bonds is 2. The van der Waals surface area contributed by atoms with Crippen LogP contribution >= 0.6 is 11.3 Å². The molecule has 7 heteroatoms. The fourth-order valence-corrected chi connectivity index (χ4v) is 4.42. The fraction of sp³-hybridized carbons (Fsp3) is 0.438. The molecule has 4 rings (SSSR count). The molecule has 1 N–H and O–H groups in total. The van der Waals surface area contributed by atoms with Gasteiger partial charge in [-0.05, 0) is 45.1 Å². The van der Waals surface area contributed by atoms with Gasteiger partial charge in [0.15, 0.2) is 5.76 Å². The zero-order valence-corrected chi connectivity index (χ0v) is 14.2. The lowest BCUT2D eigenvalue weighted by molar-refractivity contribution is 0.393. The summed E-state index contributed by atoms with van der Waals surface area (Å²) in [5.74, 6) is 1.21. The highest BCUT2D eigenvalue weighted by atomic mass is 32.1. The van der Waals surface area contributed by atoms with Crippen LogP contribution in [-0.4, -0.2) is 14.7 Å². The van der Waals surface area contributed by atoms with Crippen molar-refractivity contribution in [2.45, 2.75) is 39.5 Å². The predicted octanol–water partition coefficient (Wildman–Crippen LogP) is 3.22. The molecule has 0 unspecified atom stereocenters. The van der Waals surface area contributed by atoms with E-state index in [-0.39, 0.29) is 5.56 Å². The second kappa shape index (κ2) is 5.19. The van der Waals surface area contributed by atoms with Crippen LogP contribution in [0.15, 0.2) is 9.32 Å². The number of fused-ring (bicyclic) bond motifs is 3. The SMILES string of the molecule is Cc1noc(C)c1Nc1nc2sc3c(c2c(=O)n1C)CCCC3. The lowest BCUT2D eigenvalue weighted by Gasteiger charge is -2.11. The number of nitrogens with one attached hydrogen (secondary N) is 1. The zero-order valence-electron chi connectivity index (χ0n) is 13.4. The van der Waals surface area contributed by atoms with Gasteiger partial charge in [-0.3, -0.25) is 9.36 Å². The van der Waals surface area contributed by atoms with Crippen molar-refractivity contribution in [2.24, 2.45) is 7.05 Å². The van der Waals surface area contributed by atoms with E-state index in [1.165, 1.54) is 16.9 Å². The van der Waals surface area contributed by atoms with Crippen molar-refractivity contribution in [2.75, 3.05) is 5.32 Å². The van der Waals surface area contributed by atoms with Crippen LogP contribution in [0.1, 0.15) is 34.7 Å². The number of hydrogen-bond acceptors (Lipinski definition) is 6. The molecule has 0 saturated carbocycles. The first-order valence-electron chi connectivity index (χ1n) is 7.77. The largest absolute Gasteiger partial charge is 0.359 e. The minimum Gasteiger partial charge on any atom is -0.359 e. The maximum absolute atomic E-state index is 12.8. The molecule has 0 spiro atoms. The summed E-state index contributed by atoms with van der Waals surface area (Å²) in [5, 5.41) is 7.94. The Bertz CT molecular complexity index is 947. The number of thiophene rings is 1. The third-order valence-corrected chi connectivity index (χ3v) is 5.65. The molecule has 23 heavy (non-hydrogen) atoms. The monoisotopic (exact) mass is 330 g/mol. The van der Waals surface area contributed by atoms with E-state index in [0.717, 1.165) is 40.9 Å². The first kappa shape index (κ1) is 14.4. The first-order valence-corrected chi connectivity index (χ1v) is 8.59. The number of nitrogens with zero attached hydrogens (tertiary/aromatic N) is 3. The third-order valence-electron chi connectivity index (χ3n) is 4.47. The Labute approximate surface area is 137 Å². The molecule has 0 saturated heterocycles. The highest BCUT2D eigenvalue weighted by Gasteiger charge is 2.21. The summed E-state index contributed by atoms with van der Waals surface area (Å²) in [4.78, 5) is 19.7. The van der Waals surface area contributed by atoms with Crippen molar-refractivity contribution in [1.29, 1.82) is 0 Å². The van der Waals surface area contributed by atoms with Gasteiger partial charge in [0, 0.05) is 11.9 Å². The van der Waals surface area contributed by atoms with E-state index in [2.05, 4.69) is 10.5 Å². The Morgan fingerprint density at radius 3 is 2.78 bits per heavy atom. The van der Waals surface area contributed by atoms with Crippen LogP contribution in [0.5, 0.6) is 0 Å². The van der Waals surface area contributed by atoms with Gasteiger partial charge in [-0.1, -0.05) is 5.16 Å². The van der Waals surface area contributed by atoms with Gasteiger partial charge >= 0.3 is 0 Å². The molecule has 0 aliphatic heterocycles. The minimum atomic E-state index is 0.0173. The van der Waals surface area contributed by atoms with E-state index in [1.54, 1.807) is 23.0 Å². The maximum atomic E-state index is 12.8. The van der Waals surface area contributed by atoms with Crippen molar-refractivity contribution in [3.63, 3.8) is 0 Å². The van der Waals surface area contributed by atoms with Crippen molar-refractivity contribution in [1.82, 2.24) is 14.7 Å². The lowest BCUT2D eigenvalue weighted by Crippen LogP contribution is -2.21. The van der Waals surface area contributed by atoms with Gasteiger partial charge in [-0.2, -0.15) is 0 Å². The van der Waals surface area contributed by atoms with Gasteiger partial charge in [0.2, 0.25) is 5.95 Å². The van der Waals surface area contributed by atoms with Crippen molar-refractivity contribution < 1.29 is 4.52 Å². The average Bonchev–Trinajstić information content (AvgIpc) is 3.06.